The second kappa shape index (κ2) is 16.3. The molecular weight excluding hydrogens is 600 g/mol. The molecule has 0 bridgehead atoms. The molecular formula is C26H36O18. The van der Waals surface area contributed by atoms with Crippen molar-refractivity contribution in [1.29, 1.82) is 0 Å². The first-order valence-electron chi connectivity index (χ1n) is 13.3. The summed E-state index contributed by atoms with van der Waals surface area (Å²) in [5.41, 5.74) is 0. The lowest BCUT2D eigenvalue weighted by Gasteiger charge is -2.48. The maximum Gasteiger partial charge on any atom is 0.303 e. The molecule has 0 aromatic carbocycles. The minimum absolute atomic E-state index is 0.572. The smallest absolute Gasteiger partial charge is 0.303 e. The predicted molar refractivity (Wildman–Crippen MR) is 135 cm³/mol. The van der Waals surface area contributed by atoms with E-state index in [4.69, 9.17) is 47.4 Å². The Labute approximate surface area is 251 Å². The van der Waals surface area contributed by atoms with Crippen LogP contribution in [-0.4, -0.2) is 122 Å². The van der Waals surface area contributed by atoms with Crippen LogP contribution >= 0.6 is 0 Å². The van der Waals surface area contributed by atoms with Gasteiger partial charge in [-0.3, -0.25) is 33.6 Å². The summed E-state index contributed by atoms with van der Waals surface area (Å²) < 4.78 is 54.1. The lowest BCUT2D eigenvalue weighted by atomic mass is 9.96. The van der Waals surface area contributed by atoms with Crippen LogP contribution in [0.5, 0.6) is 0 Å². The predicted octanol–water partition coefficient (Wildman–Crippen LogP) is -1.40. The zero-order chi connectivity index (χ0) is 33.3. The van der Waals surface area contributed by atoms with Gasteiger partial charge in [-0.15, -0.1) is 0 Å². The third-order valence-electron chi connectivity index (χ3n) is 5.90. The molecule has 2 fully saturated rings. The molecule has 18 heteroatoms. The number of aliphatic hydroxyl groups excluding tert-OH is 1. The maximum absolute atomic E-state index is 12.2. The normalized spacial score (nSPS) is 31.5. The molecule has 2 unspecified atom stereocenters. The van der Waals surface area contributed by atoms with E-state index in [1.807, 2.05) is 0 Å². The van der Waals surface area contributed by atoms with Gasteiger partial charge >= 0.3 is 41.8 Å². The van der Waals surface area contributed by atoms with Crippen molar-refractivity contribution in [2.75, 3.05) is 13.2 Å². The van der Waals surface area contributed by atoms with E-state index < -0.39 is 116 Å². The van der Waals surface area contributed by atoms with E-state index in [2.05, 4.69) is 0 Å². The minimum Gasteiger partial charge on any atom is -0.463 e. The largest absolute Gasteiger partial charge is 0.463 e. The van der Waals surface area contributed by atoms with E-state index in [-0.39, 0.29) is 0 Å². The SMILES string of the molecule is CC(=O)OC[C@H]1OC(O[C@H]2[C@H](OC(C)=O)[C@@H](OC(C)=O)C(O)O[C@@H]2COC(C)=O)[C@H](OC(C)=O)[C@@H](OC(C)=O)[C@H]1OC(C)=O. The molecule has 2 rings (SSSR count). The molecule has 248 valence electrons. The van der Waals surface area contributed by atoms with Gasteiger partial charge in [-0.25, -0.2) is 0 Å². The molecule has 2 aliphatic rings. The molecule has 44 heavy (non-hydrogen) atoms. The van der Waals surface area contributed by atoms with Gasteiger partial charge in [0.15, 0.2) is 43.1 Å². The van der Waals surface area contributed by atoms with Gasteiger partial charge in [0.1, 0.15) is 31.5 Å². The van der Waals surface area contributed by atoms with Crippen LogP contribution in [0, 0.1) is 0 Å². The van der Waals surface area contributed by atoms with Crippen LogP contribution in [0.25, 0.3) is 0 Å². The highest BCUT2D eigenvalue weighted by molar-refractivity contribution is 5.69. The third kappa shape index (κ3) is 10.7. The van der Waals surface area contributed by atoms with Crippen LogP contribution in [0.4, 0.5) is 0 Å². The molecule has 0 aliphatic carbocycles. The van der Waals surface area contributed by atoms with Gasteiger partial charge in [0, 0.05) is 48.5 Å². The Bertz CT molecular complexity index is 1090. The van der Waals surface area contributed by atoms with Gasteiger partial charge in [0.25, 0.3) is 0 Å². The zero-order valence-corrected chi connectivity index (χ0v) is 25.1. The van der Waals surface area contributed by atoms with Gasteiger partial charge in [0.2, 0.25) is 0 Å². The molecule has 0 spiro atoms. The van der Waals surface area contributed by atoms with Crippen molar-refractivity contribution in [1.82, 2.24) is 0 Å². The van der Waals surface area contributed by atoms with Crippen LogP contribution < -0.4 is 0 Å². The van der Waals surface area contributed by atoms with Gasteiger partial charge in [-0.05, 0) is 0 Å². The fourth-order valence-corrected chi connectivity index (χ4v) is 4.49. The quantitative estimate of drug-likeness (QED) is 0.203. The average molecular weight is 637 g/mol. The van der Waals surface area contributed by atoms with E-state index in [0.717, 1.165) is 48.5 Å². The molecule has 0 aromatic heterocycles. The summed E-state index contributed by atoms with van der Waals surface area (Å²) in [6.07, 6.45) is -16.3. The molecule has 0 radical (unpaired) electrons. The Morgan fingerprint density at radius 2 is 0.841 bits per heavy atom. The van der Waals surface area contributed by atoms with Crippen molar-refractivity contribution < 1.29 is 86.0 Å². The first-order chi connectivity index (χ1) is 20.5. The fraction of sp³-hybridized carbons (Fsp3) is 0.731. The molecule has 0 aromatic rings. The van der Waals surface area contributed by atoms with E-state index in [9.17, 15) is 38.7 Å². The summed E-state index contributed by atoms with van der Waals surface area (Å²) in [6.45, 7) is 6.11. The van der Waals surface area contributed by atoms with E-state index in [1.54, 1.807) is 0 Å². The van der Waals surface area contributed by atoms with Crippen LogP contribution in [0.1, 0.15) is 48.5 Å². The zero-order valence-electron chi connectivity index (χ0n) is 25.1. The van der Waals surface area contributed by atoms with Crippen LogP contribution in [0.3, 0.4) is 0 Å². The number of ether oxygens (including phenoxy) is 10. The number of rotatable bonds is 11. The van der Waals surface area contributed by atoms with Gasteiger partial charge in [0.05, 0.1) is 0 Å². The van der Waals surface area contributed by atoms with Crippen molar-refractivity contribution in [2.45, 2.75) is 110 Å². The lowest BCUT2D eigenvalue weighted by molar-refractivity contribution is -0.357. The number of hydrogen-bond donors (Lipinski definition) is 1. The molecule has 2 saturated heterocycles. The van der Waals surface area contributed by atoms with E-state index >= 15 is 0 Å². The second-order valence-electron chi connectivity index (χ2n) is 9.68. The summed E-state index contributed by atoms with van der Waals surface area (Å²) in [5.74, 6) is -6.03. The summed E-state index contributed by atoms with van der Waals surface area (Å²) in [6, 6.07) is 0. The van der Waals surface area contributed by atoms with Crippen LogP contribution in [0.15, 0.2) is 0 Å². The third-order valence-corrected chi connectivity index (χ3v) is 5.90. The highest BCUT2D eigenvalue weighted by Crippen LogP contribution is 2.34. The first kappa shape index (κ1) is 36.3. The highest BCUT2D eigenvalue weighted by Gasteiger charge is 2.57. The molecule has 18 nitrogen and oxygen atoms in total. The summed E-state index contributed by atoms with van der Waals surface area (Å²) in [7, 11) is 0. The molecule has 2 aliphatic heterocycles. The highest BCUT2D eigenvalue weighted by atomic mass is 16.8. The van der Waals surface area contributed by atoms with E-state index in [0.29, 0.717) is 0 Å². The van der Waals surface area contributed by atoms with Crippen molar-refractivity contribution in [3.05, 3.63) is 0 Å². The first-order valence-corrected chi connectivity index (χ1v) is 13.3. The number of aliphatic hydroxyl groups is 1. The van der Waals surface area contributed by atoms with Crippen LogP contribution in [-0.2, 0) is 80.9 Å². The standard InChI is InChI=1S/C26H36O18/c1-10(27)35-8-17-20(21(38-13(4)30)23(25(34)42-17)40-15(6)32)44-26-24(41-16(7)33)22(39-14(5)31)19(37-12(3)29)18(43-26)9-36-11(2)28/h17-26,34H,8-9H2,1-7H3/t17-,18-,19+,20-,21+,22+,23-,24-,25?,26?/m1/s1. The number of carbonyl (C=O) groups excluding carboxylic acids is 7. The van der Waals surface area contributed by atoms with Gasteiger partial charge in [-0.2, -0.15) is 0 Å². The van der Waals surface area contributed by atoms with Crippen molar-refractivity contribution in [2.24, 2.45) is 0 Å². The average Bonchev–Trinajstić information content (AvgIpc) is 2.87. The Hall–Kier alpha value is -3.87. The maximum atomic E-state index is 12.2. The summed E-state index contributed by atoms with van der Waals surface area (Å²) >= 11 is 0. The lowest BCUT2D eigenvalue weighted by Crippen LogP contribution is -2.67. The monoisotopic (exact) mass is 636 g/mol. The number of carbonyl (C=O) groups is 7. The Balaban J connectivity index is 2.66. The van der Waals surface area contributed by atoms with Crippen molar-refractivity contribution in [3.8, 4) is 0 Å². The number of esters is 7. The molecule has 2 heterocycles. The minimum atomic E-state index is -1.90. The Morgan fingerprint density at radius 3 is 1.27 bits per heavy atom. The Morgan fingerprint density at radius 1 is 0.477 bits per heavy atom. The molecule has 10 atom stereocenters. The van der Waals surface area contributed by atoms with Crippen LogP contribution in [0.2, 0.25) is 0 Å². The fourth-order valence-electron chi connectivity index (χ4n) is 4.49. The Kier molecular flexibility index (Phi) is 13.4. The summed E-state index contributed by atoms with van der Waals surface area (Å²) in [4.78, 5) is 83.5. The van der Waals surface area contributed by atoms with Gasteiger partial charge in [-0.1, -0.05) is 0 Å². The number of hydrogen-bond acceptors (Lipinski definition) is 18. The second-order valence-corrected chi connectivity index (χ2v) is 9.68. The topological polar surface area (TPSA) is 232 Å². The summed E-state index contributed by atoms with van der Waals surface area (Å²) in [5, 5.41) is 10.6. The van der Waals surface area contributed by atoms with Crippen molar-refractivity contribution >= 4 is 41.8 Å². The molecule has 0 amide bonds. The molecule has 0 saturated carbocycles. The van der Waals surface area contributed by atoms with Gasteiger partial charge < -0.3 is 52.5 Å². The van der Waals surface area contributed by atoms with E-state index in [1.165, 1.54) is 0 Å². The molecule has 1 N–H and O–H groups in total. The van der Waals surface area contributed by atoms with Crippen molar-refractivity contribution in [3.63, 3.8) is 0 Å².